The van der Waals surface area contributed by atoms with E-state index in [1.54, 1.807) is 0 Å². The lowest BCUT2D eigenvalue weighted by atomic mass is 9.78. The maximum atomic E-state index is 6.32. The Balaban J connectivity index is 2.04. The first kappa shape index (κ1) is 11.6. The third-order valence-electron chi connectivity index (χ3n) is 3.85. The molecule has 0 aromatic carbocycles. The van der Waals surface area contributed by atoms with Crippen molar-refractivity contribution in [2.45, 2.75) is 45.6 Å². The number of rotatable bonds is 2. The molecule has 1 heterocycles. The van der Waals surface area contributed by atoms with Crippen LogP contribution in [-0.2, 0) is 0 Å². The van der Waals surface area contributed by atoms with Crippen LogP contribution in [0.5, 0.6) is 0 Å². The van der Waals surface area contributed by atoms with Crippen molar-refractivity contribution in [1.82, 2.24) is 4.98 Å². The first-order chi connectivity index (χ1) is 7.66. The van der Waals surface area contributed by atoms with Crippen LogP contribution in [0.3, 0.4) is 0 Å². The fraction of sp³-hybridized carbons (Fsp3) is 0.643. The standard InChI is InChI=1S/C14H22N2/c1-10-3-5-12(6-4-10)14(15)13-9-11(2)7-8-16-13/h7-10,12,14H,3-6,15H2,1-2H3. The van der Waals surface area contributed by atoms with Gasteiger partial charge in [-0.15, -0.1) is 0 Å². The van der Waals surface area contributed by atoms with Gasteiger partial charge in [0, 0.05) is 12.2 Å². The van der Waals surface area contributed by atoms with Gasteiger partial charge in [0.1, 0.15) is 0 Å². The van der Waals surface area contributed by atoms with Gasteiger partial charge in [-0.05, 0) is 49.3 Å². The van der Waals surface area contributed by atoms with Crippen LogP contribution in [-0.4, -0.2) is 4.98 Å². The quantitative estimate of drug-likeness (QED) is 0.827. The summed E-state index contributed by atoms with van der Waals surface area (Å²) >= 11 is 0. The number of hydrogen-bond donors (Lipinski definition) is 1. The Morgan fingerprint density at radius 2 is 2.00 bits per heavy atom. The highest BCUT2D eigenvalue weighted by Crippen LogP contribution is 2.34. The van der Waals surface area contributed by atoms with Gasteiger partial charge >= 0.3 is 0 Å². The summed E-state index contributed by atoms with van der Waals surface area (Å²) in [5.74, 6) is 1.51. The molecule has 0 bridgehead atoms. The topological polar surface area (TPSA) is 38.9 Å². The second kappa shape index (κ2) is 4.96. The molecule has 1 aliphatic rings. The van der Waals surface area contributed by atoms with Gasteiger partial charge in [-0.2, -0.15) is 0 Å². The minimum atomic E-state index is 0.132. The molecule has 1 unspecified atom stereocenters. The van der Waals surface area contributed by atoms with E-state index in [9.17, 15) is 0 Å². The number of hydrogen-bond acceptors (Lipinski definition) is 2. The summed E-state index contributed by atoms with van der Waals surface area (Å²) in [6.45, 7) is 4.44. The van der Waals surface area contributed by atoms with Crippen LogP contribution >= 0.6 is 0 Å². The SMILES string of the molecule is Cc1ccnc(C(N)C2CCC(C)CC2)c1. The fourth-order valence-electron chi connectivity index (χ4n) is 2.63. The zero-order valence-electron chi connectivity index (χ0n) is 10.3. The Hall–Kier alpha value is -0.890. The smallest absolute Gasteiger partial charge is 0.0576 e. The molecule has 1 saturated carbocycles. The third kappa shape index (κ3) is 2.62. The monoisotopic (exact) mass is 218 g/mol. The number of aromatic nitrogens is 1. The van der Waals surface area contributed by atoms with E-state index in [1.165, 1.54) is 31.2 Å². The Morgan fingerprint density at radius 3 is 2.62 bits per heavy atom. The van der Waals surface area contributed by atoms with Crippen molar-refractivity contribution in [2.24, 2.45) is 17.6 Å². The second-order valence-electron chi connectivity index (χ2n) is 5.30. The molecule has 1 aromatic rings. The molecule has 0 amide bonds. The van der Waals surface area contributed by atoms with Gasteiger partial charge in [0.2, 0.25) is 0 Å². The van der Waals surface area contributed by atoms with Crippen LogP contribution in [0, 0.1) is 18.8 Å². The van der Waals surface area contributed by atoms with Crippen molar-refractivity contribution in [3.8, 4) is 0 Å². The van der Waals surface area contributed by atoms with E-state index in [4.69, 9.17) is 5.73 Å². The van der Waals surface area contributed by atoms with Crippen molar-refractivity contribution < 1.29 is 0 Å². The van der Waals surface area contributed by atoms with Gasteiger partial charge < -0.3 is 5.73 Å². The fourth-order valence-corrected chi connectivity index (χ4v) is 2.63. The highest BCUT2D eigenvalue weighted by molar-refractivity contribution is 5.17. The molecule has 0 saturated heterocycles. The van der Waals surface area contributed by atoms with Gasteiger partial charge in [-0.25, -0.2) is 0 Å². The van der Waals surface area contributed by atoms with E-state index in [-0.39, 0.29) is 6.04 Å². The summed E-state index contributed by atoms with van der Waals surface area (Å²) in [7, 11) is 0. The molecule has 1 atom stereocenters. The lowest BCUT2D eigenvalue weighted by Gasteiger charge is -2.30. The molecule has 0 radical (unpaired) electrons. The zero-order valence-corrected chi connectivity index (χ0v) is 10.3. The van der Waals surface area contributed by atoms with E-state index >= 15 is 0 Å². The van der Waals surface area contributed by atoms with Crippen LogP contribution in [0.4, 0.5) is 0 Å². The van der Waals surface area contributed by atoms with Crippen molar-refractivity contribution in [2.75, 3.05) is 0 Å². The molecule has 2 N–H and O–H groups in total. The molecule has 2 nitrogen and oxygen atoms in total. The van der Waals surface area contributed by atoms with Gasteiger partial charge in [-0.3, -0.25) is 4.98 Å². The van der Waals surface area contributed by atoms with Gasteiger partial charge in [0.05, 0.1) is 5.69 Å². The molecule has 1 aromatic heterocycles. The number of aryl methyl sites for hydroxylation is 1. The average molecular weight is 218 g/mol. The maximum absolute atomic E-state index is 6.32. The van der Waals surface area contributed by atoms with Crippen molar-refractivity contribution in [3.63, 3.8) is 0 Å². The summed E-state index contributed by atoms with van der Waals surface area (Å²) in [6, 6.07) is 4.29. The van der Waals surface area contributed by atoms with Crippen LogP contribution in [0.1, 0.15) is 49.9 Å². The molecule has 1 aliphatic carbocycles. The maximum Gasteiger partial charge on any atom is 0.0576 e. The summed E-state index contributed by atoms with van der Waals surface area (Å²) in [5.41, 5.74) is 8.64. The Bertz CT molecular complexity index is 340. The molecule has 16 heavy (non-hydrogen) atoms. The van der Waals surface area contributed by atoms with E-state index in [0.29, 0.717) is 5.92 Å². The third-order valence-corrected chi connectivity index (χ3v) is 3.85. The lowest BCUT2D eigenvalue weighted by molar-refractivity contribution is 0.254. The highest BCUT2D eigenvalue weighted by atomic mass is 14.8. The van der Waals surface area contributed by atoms with Gasteiger partial charge in [0.15, 0.2) is 0 Å². The zero-order chi connectivity index (χ0) is 11.5. The lowest BCUT2D eigenvalue weighted by Crippen LogP contribution is -2.26. The average Bonchev–Trinajstić information content (AvgIpc) is 2.29. The Kier molecular flexibility index (Phi) is 3.59. The predicted molar refractivity (Wildman–Crippen MR) is 67.0 cm³/mol. The molecule has 0 aliphatic heterocycles. The van der Waals surface area contributed by atoms with Crippen molar-refractivity contribution in [1.29, 1.82) is 0 Å². The van der Waals surface area contributed by atoms with Crippen LogP contribution in [0.15, 0.2) is 18.3 Å². The molecule has 1 fully saturated rings. The normalized spacial score (nSPS) is 27.7. The molecule has 2 rings (SSSR count). The summed E-state index contributed by atoms with van der Waals surface area (Å²) in [6.07, 6.45) is 7.04. The van der Waals surface area contributed by atoms with E-state index < -0.39 is 0 Å². The second-order valence-corrected chi connectivity index (χ2v) is 5.30. The van der Waals surface area contributed by atoms with Gasteiger partial charge in [0.25, 0.3) is 0 Å². The van der Waals surface area contributed by atoms with Crippen LogP contribution < -0.4 is 5.73 Å². The number of nitrogens with two attached hydrogens (primary N) is 1. The van der Waals surface area contributed by atoms with Crippen LogP contribution in [0.25, 0.3) is 0 Å². The van der Waals surface area contributed by atoms with Gasteiger partial charge in [-0.1, -0.05) is 19.8 Å². The molecular weight excluding hydrogens is 196 g/mol. The van der Waals surface area contributed by atoms with E-state index in [0.717, 1.165) is 11.6 Å². The minimum absolute atomic E-state index is 0.132. The Morgan fingerprint density at radius 1 is 1.31 bits per heavy atom. The first-order valence-corrected chi connectivity index (χ1v) is 6.35. The largest absolute Gasteiger partial charge is 0.322 e. The first-order valence-electron chi connectivity index (χ1n) is 6.35. The number of pyridine rings is 1. The minimum Gasteiger partial charge on any atom is -0.322 e. The molecule has 2 heteroatoms. The summed E-state index contributed by atoms with van der Waals surface area (Å²) in [4.78, 5) is 4.41. The predicted octanol–water partition coefficient (Wildman–Crippen LogP) is 3.22. The molecule has 0 spiro atoms. The van der Waals surface area contributed by atoms with E-state index in [1.807, 2.05) is 12.3 Å². The summed E-state index contributed by atoms with van der Waals surface area (Å²) in [5, 5.41) is 0. The highest BCUT2D eigenvalue weighted by Gasteiger charge is 2.25. The van der Waals surface area contributed by atoms with Crippen molar-refractivity contribution in [3.05, 3.63) is 29.6 Å². The van der Waals surface area contributed by atoms with E-state index in [2.05, 4.69) is 24.9 Å². The molecular formula is C14H22N2. The molecule has 88 valence electrons. The Labute approximate surface area is 98.3 Å². The number of nitrogens with zero attached hydrogens (tertiary/aromatic N) is 1. The van der Waals surface area contributed by atoms with Crippen LogP contribution in [0.2, 0.25) is 0 Å². The summed E-state index contributed by atoms with van der Waals surface area (Å²) < 4.78 is 0. The van der Waals surface area contributed by atoms with Crippen molar-refractivity contribution >= 4 is 0 Å².